The molecule has 2 rings (SSSR count). The van der Waals surface area contributed by atoms with Gasteiger partial charge in [0.25, 0.3) is 0 Å². The van der Waals surface area contributed by atoms with Crippen molar-refractivity contribution < 1.29 is 4.39 Å². The fourth-order valence-corrected chi connectivity index (χ4v) is 1.85. The van der Waals surface area contributed by atoms with Crippen molar-refractivity contribution in [3.05, 3.63) is 33.6 Å². The second-order valence-electron chi connectivity index (χ2n) is 3.05. The first-order valence-corrected chi connectivity index (χ1v) is 4.82. The number of hydrogen-bond donors (Lipinski definition) is 1. The minimum absolute atomic E-state index is 0.0335. The summed E-state index contributed by atoms with van der Waals surface area (Å²) in [6, 6.07) is 2.86. The molecule has 13 heavy (non-hydrogen) atoms. The van der Waals surface area contributed by atoms with Gasteiger partial charge in [0.05, 0.1) is 10.0 Å². The lowest BCUT2D eigenvalue weighted by atomic mass is 9.97. The van der Waals surface area contributed by atoms with Crippen molar-refractivity contribution in [1.82, 2.24) is 5.32 Å². The first kappa shape index (κ1) is 9.25. The normalized spacial score (nSPS) is 21.3. The molecule has 0 aromatic heterocycles. The van der Waals surface area contributed by atoms with Gasteiger partial charge in [-0.05, 0) is 25.1 Å². The van der Waals surface area contributed by atoms with Gasteiger partial charge in [-0.15, -0.1) is 0 Å². The Balaban J connectivity index is 2.46. The molecule has 70 valence electrons. The van der Waals surface area contributed by atoms with Crippen LogP contribution in [0.15, 0.2) is 12.1 Å². The molecule has 1 fully saturated rings. The zero-order chi connectivity index (χ0) is 9.42. The van der Waals surface area contributed by atoms with Gasteiger partial charge < -0.3 is 5.32 Å². The minimum atomic E-state index is -0.286. The predicted octanol–water partition coefficient (Wildman–Crippen LogP) is 3.17. The minimum Gasteiger partial charge on any atom is -0.310 e. The molecule has 0 spiro atoms. The number of nitrogens with one attached hydrogen (secondary N) is 1. The quantitative estimate of drug-likeness (QED) is 0.716. The summed E-state index contributed by atoms with van der Waals surface area (Å²) < 4.78 is 13.3. The molecule has 1 aromatic carbocycles. The Morgan fingerprint density at radius 2 is 2.08 bits per heavy atom. The largest absolute Gasteiger partial charge is 0.310 e. The van der Waals surface area contributed by atoms with Gasteiger partial charge in [-0.3, -0.25) is 0 Å². The van der Waals surface area contributed by atoms with Crippen LogP contribution in [0.25, 0.3) is 0 Å². The Morgan fingerprint density at radius 3 is 2.62 bits per heavy atom. The van der Waals surface area contributed by atoms with Crippen LogP contribution in [-0.2, 0) is 0 Å². The Morgan fingerprint density at radius 1 is 1.38 bits per heavy atom. The standard InChI is InChI=1S/C9H8Cl2FN/c10-5-1-2-6(12)8(9(5)11)7-3-4-13-7/h1-2,7,13H,3-4H2/t7-/m0/s1. The first-order chi connectivity index (χ1) is 6.20. The molecule has 1 aromatic rings. The predicted molar refractivity (Wildman–Crippen MR) is 51.8 cm³/mol. The zero-order valence-electron chi connectivity index (χ0n) is 6.78. The van der Waals surface area contributed by atoms with Crippen LogP contribution in [0.1, 0.15) is 18.0 Å². The van der Waals surface area contributed by atoms with E-state index >= 15 is 0 Å². The van der Waals surface area contributed by atoms with E-state index in [1.54, 1.807) is 0 Å². The van der Waals surface area contributed by atoms with Crippen molar-refractivity contribution >= 4 is 23.2 Å². The molecule has 1 atom stereocenters. The molecular weight excluding hydrogens is 212 g/mol. The highest BCUT2D eigenvalue weighted by molar-refractivity contribution is 6.42. The van der Waals surface area contributed by atoms with Crippen LogP contribution in [0.5, 0.6) is 0 Å². The summed E-state index contributed by atoms with van der Waals surface area (Å²) in [7, 11) is 0. The first-order valence-electron chi connectivity index (χ1n) is 4.07. The molecule has 0 amide bonds. The molecule has 0 radical (unpaired) electrons. The van der Waals surface area contributed by atoms with E-state index in [-0.39, 0.29) is 11.9 Å². The van der Waals surface area contributed by atoms with Gasteiger partial charge in [-0.25, -0.2) is 4.39 Å². The lowest BCUT2D eigenvalue weighted by Gasteiger charge is -2.29. The van der Waals surface area contributed by atoms with Crippen LogP contribution in [0.4, 0.5) is 4.39 Å². The highest BCUT2D eigenvalue weighted by Gasteiger charge is 2.25. The molecule has 1 N–H and O–H groups in total. The molecule has 1 heterocycles. The molecule has 0 bridgehead atoms. The maximum absolute atomic E-state index is 13.3. The fourth-order valence-electron chi connectivity index (χ4n) is 1.40. The van der Waals surface area contributed by atoms with E-state index in [9.17, 15) is 4.39 Å². The van der Waals surface area contributed by atoms with Gasteiger partial charge in [0.2, 0.25) is 0 Å². The number of benzene rings is 1. The summed E-state index contributed by atoms with van der Waals surface area (Å²) in [5, 5.41) is 3.83. The van der Waals surface area contributed by atoms with E-state index in [4.69, 9.17) is 23.2 Å². The van der Waals surface area contributed by atoms with Crippen molar-refractivity contribution in [2.75, 3.05) is 6.54 Å². The summed E-state index contributed by atoms with van der Waals surface area (Å²) in [4.78, 5) is 0. The number of rotatable bonds is 1. The van der Waals surface area contributed by atoms with Crippen molar-refractivity contribution in [3.63, 3.8) is 0 Å². The second-order valence-corrected chi connectivity index (χ2v) is 3.84. The van der Waals surface area contributed by atoms with Gasteiger partial charge in [0.1, 0.15) is 5.82 Å². The summed E-state index contributed by atoms with van der Waals surface area (Å²) in [6.45, 7) is 0.910. The third-order valence-electron chi connectivity index (χ3n) is 2.25. The third-order valence-corrected chi connectivity index (χ3v) is 3.07. The van der Waals surface area contributed by atoms with Gasteiger partial charge in [0, 0.05) is 11.6 Å². The lowest BCUT2D eigenvalue weighted by Crippen LogP contribution is -2.35. The average molecular weight is 220 g/mol. The summed E-state index contributed by atoms with van der Waals surface area (Å²) >= 11 is 11.7. The highest BCUT2D eigenvalue weighted by Crippen LogP contribution is 2.35. The second kappa shape index (κ2) is 3.45. The van der Waals surface area contributed by atoms with Crippen LogP contribution < -0.4 is 5.32 Å². The van der Waals surface area contributed by atoms with Crippen molar-refractivity contribution in [2.45, 2.75) is 12.5 Å². The van der Waals surface area contributed by atoms with Crippen molar-refractivity contribution in [3.8, 4) is 0 Å². The van der Waals surface area contributed by atoms with E-state index in [1.807, 2.05) is 0 Å². The topological polar surface area (TPSA) is 12.0 Å². The van der Waals surface area contributed by atoms with E-state index in [1.165, 1.54) is 12.1 Å². The molecule has 1 aliphatic heterocycles. The molecule has 1 aliphatic rings. The Labute approximate surface area is 85.8 Å². The Hall–Kier alpha value is -0.310. The highest BCUT2D eigenvalue weighted by atomic mass is 35.5. The van der Waals surface area contributed by atoms with Gasteiger partial charge in [-0.1, -0.05) is 23.2 Å². The molecule has 4 heteroatoms. The van der Waals surface area contributed by atoms with Gasteiger partial charge >= 0.3 is 0 Å². The molecule has 0 unspecified atom stereocenters. The van der Waals surface area contributed by atoms with Crippen LogP contribution in [0, 0.1) is 5.82 Å². The molecule has 1 nitrogen and oxygen atoms in total. The van der Waals surface area contributed by atoms with E-state index in [0.717, 1.165) is 13.0 Å². The van der Waals surface area contributed by atoms with E-state index < -0.39 is 0 Å². The Kier molecular flexibility index (Phi) is 2.45. The summed E-state index contributed by atoms with van der Waals surface area (Å²) in [5.41, 5.74) is 0.500. The van der Waals surface area contributed by atoms with E-state index in [2.05, 4.69) is 5.32 Å². The summed E-state index contributed by atoms with van der Waals surface area (Å²) in [5.74, 6) is -0.286. The third kappa shape index (κ3) is 1.54. The molecular formula is C9H8Cl2FN. The lowest BCUT2D eigenvalue weighted by molar-refractivity contribution is 0.370. The van der Waals surface area contributed by atoms with Crippen LogP contribution in [0.3, 0.4) is 0 Å². The Bertz CT molecular complexity index is 337. The van der Waals surface area contributed by atoms with Gasteiger partial charge in [0.15, 0.2) is 0 Å². The number of halogens is 3. The molecule has 0 aliphatic carbocycles. The van der Waals surface area contributed by atoms with Gasteiger partial charge in [-0.2, -0.15) is 0 Å². The van der Waals surface area contributed by atoms with Crippen LogP contribution in [-0.4, -0.2) is 6.54 Å². The average Bonchev–Trinajstić information content (AvgIpc) is 2.02. The van der Waals surface area contributed by atoms with Crippen LogP contribution >= 0.6 is 23.2 Å². The maximum Gasteiger partial charge on any atom is 0.129 e. The smallest absolute Gasteiger partial charge is 0.129 e. The summed E-state index contributed by atoms with van der Waals surface area (Å²) in [6.07, 6.45) is 0.914. The van der Waals surface area contributed by atoms with E-state index in [0.29, 0.717) is 15.6 Å². The molecule has 1 saturated heterocycles. The fraction of sp³-hybridized carbons (Fsp3) is 0.333. The van der Waals surface area contributed by atoms with Crippen molar-refractivity contribution in [1.29, 1.82) is 0 Å². The SMILES string of the molecule is Fc1ccc(Cl)c(Cl)c1[C@@H]1CCN1. The van der Waals surface area contributed by atoms with Crippen LogP contribution in [0.2, 0.25) is 10.0 Å². The monoisotopic (exact) mass is 219 g/mol. The number of hydrogen-bond acceptors (Lipinski definition) is 1. The maximum atomic E-state index is 13.3. The zero-order valence-corrected chi connectivity index (χ0v) is 8.29. The molecule has 0 saturated carbocycles. The van der Waals surface area contributed by atoms with Crippen molar-refractivity contribution in [2.24, 2.45) is 0 Å².